The molecule has 1 fully saturated rings. The molecule has 8 nitrogen and oxygen atoms in total. The van der Waals surface area contributed by atoms with Gasteiger partial charge < -0.3 is 9.64 Å². The zero-order valence-electron chi connectivity index (χ0n) is 18.1. The number of pyridine rings is 1. The molecule has 0 saturated carbocycles. The Kier molecular flexibility index (Phi) is 6.21. The van der Waals surface area contributed by atoms with E-state index >= 15 is 0 Å². The first kappa shape index (κ1) is 22.6. The molecule has 174 valence electrons. The summed E-state index contributed by atoms with van der Waals surface area (Å²) in [6.07, 6.45) is 1.10. The van der Waals surface area contributed by atoms with E-state index in [2.05, 4.69) is 20.5 Å². The molecule has 33 heavy (non-hydrogen) atoms. The molecule has 0 radical (unpaired) electrons. The molecule has 3 heterocycles. The fourth-order valence-electron chi connectivity index (χ4n) is 3.99. The van der Waals surface area contributed by atoms with Crippen LogP contribution < -0.4 is 15.0 Å². The number of nitrogens with zero attached hydrogens (tertiary/aromatic N) is 4. The number of hydrogen-bond donors (Lipinski definition) is 1. The summed E-state index contributed by atoms with van der Waals surface area (Å²) in [5.74, 6) is 0.850. The van der Waals surface area contributed by atoms with Crippen molar-refractivity contribution in [3.05, 3.63) is 60.0 Å². The van der Waals surface area contributed by atoms with Gasteiger partial charge in [-0.2, -0.15) is 28.2 Å². The van der Waals surface area contributed by atoms with Crippen LogP contribution in [-0.2, 0) is 6.18 Å². The second kappa shape index (κ2) is 9.08. The molecule has 4 rings (SSSR count). The van der Waals surface area contributed by atoms with Crippen LogP contribution in [0.25, 0.3) is 5.69 Å². The number of anilines is 1. The molecule has 1 amide bonds. The lowest BCUT2D eigenvalue weighted by Crippen LogP contribution is -2.52. The summed E-state index contributed by atoms with van der Waals surface area (Å²) >= 11 is 0. The summed E-state index contributed by atoms with van der Waals surface area (Å²) < 4.78 is 43.8. The average molecular weight is 461 g/mol. The summed E-state index contributed by atoms with van der Waals surface area (Å²) in [5.41, 5.74) is 0.184. The number of piperidine rings is 1. The van der Waals surface area contributed by atoms with Crippen LogP contribution in [-0.4, -0.2) is 51.5 Å². The second-order valence-corrected chi connectivity index (χ2v) is 7.82. The van der Waals surface area contributed by atoms with Crippen molar-refractivity contribution in [3.63, 3.8) is 0 Å². The highest BCUT2D eigenvalue weighted by molar-refractivity contribution is 5.98. The van der Waals surface area contributed by atoms with Crippen LogP contribution in [0.5, 0.6) is 5.75 Å². The maximum Gasteiger partial charge on any atom is 0.419 e. The minimum absolute atomic E-state index is 0.139. The number of hydrogen-bond acceptors (Lipinski definition) is 5. The number of likely N-dealkylation sites (tertiary alicyclic amines) is 1. The molecule has 1 aromatic carbocycles. The smallest absolute Gasteiger partial charge is 0.419 e. The number of rotatable bonds is 5. The standard InChI is InChI=1S/C22H23F3N6O2/c1-14-18(29-20-8-5-15(13-26-20)22(23,24)25)4-3-11-30(14)21(32)17-7-6-16(33-2)12-19(17)31-27-9-10-28-31/h5-10,12-14,18H,3-4,11H2,1-2H3,(H,26,29)/p+1/t14-,18+/m0/s1. The van der Waals surface area contributed by atoms with Gasteiger partial charge in [-0.05, 0) is 38.0 Å². The second-order valence-electron chi connectivity index (χ2n) is 7.82. The molecule has 0 spiro atoms. The maximum absolute atomic E-state index is 13.5. The molecule has 2 N–H and O–H groups in total. The normalized spacial score (nSPS) is 18.8. The van der Waals surface area contributed by atoms with Crippen molar-refractivity contribution in [1.82, 2.24) is 19.9 Å². The van der Waals surface area contributed by atoms with E-state index in [4.69, 9.17) is 4.74 Å². The van der Waals surface area contributed by atoms with Crippen molar-refractivity contribution < 1.29 is 27.7 Å². The highest BCUT2D eigenvalue weighted by Crippen LogP contribution is 2.29. The van der Waals surface area contributed by atoms with E-state index in [9.17, 15) is 18.0 Å². The lowest BCUT2D eigenvalue weighted by Gasteiger charge is -2.37. The topological polar surface area (TPSA) is 86.4 Å². The molecule has 1 aliphatic rings. The van der Waals surface area contributed by atoms with Gasteiger partial charge in [0.05, 0.1) is 36.7 Å². The summed E-state index contributed by atoms with van der Waals surface area (Å²) in [5, 5.41) is 11.5. The van der Waals surface area contributed by atoms with Crippen molar-refractivity contribution in [2.45, 2.75) is 38.0 Å². The molecular formula is C22H24F3N6O2+. The van der Waals surface area contributed by atoms with Gasteiger partial charge in [0.1, 0.15) is 23.7 Å². The van der Waals surface area contributed by atoms with E-state index in [0.29, 0.717) is 29.4 Å². The number of aromatic amines is 1. The fourth-order valence-corrected chi connectivity index (χ4v) is 3.99. The number of ether oxygens (including phenoxy) is 1. The molecule has 1 aliphatic heterocycles. The highest BCUT2D eigenvalue weighted by atomic mass is 19.4. The number of alkyl halides is 3. The van der Waals surface area contributed by atoms with E-state index in [1.54, 1.807) is 30.2 Å². The van der Waals surface area contributed by atoms with Crippen LogP contribution in [0.2, 0.25) is 0 Å². The molecule has 2 aromatic heterocycles. The lowest BCUT2D eigenvalue weighted by atomic mass is 9.96. The molecule has 11 heteroatoms. The number of amides is 1. The van der Waals surface area contributed by atoms with Crippen molar-refractivity contribution in [1.29, 1.82) is 0 Å². The van der Waals surface area contributed by atoms with Gasteiger partial charge in [-0.1, -0.05) is 0 Å². The summed E-state index contributed by atoms with van der Waals surface area (Å²) in [6, 6.07) is 7.14. The third-order valence-corrected chi connectivity index (χ3v) is 5.80. The van der Waals surface area contributed by atoms with Gasteiger partial charge in [0.2, 0.25) is 0 Å². The van der Waals surface area contributed by atoms with Gasteiger partial charge >= 0.3 is 6.18 Å². The largest absolute Gasteiger partial charge is 0.497 e. The Hall–Kier alpha value is -3.63. The maximum atomic E-state index is 13.5. The predicted molar refractivity (Wildman–Crippen MR) is 113 cm³/mol. The summed E-state index contributed by atoms with van der Waals surface area (Å²) in [6.45, 7) is 2.49. The molecule has 1 saturated heterocycles. The monoisotopic (exact) mass is 461 g/mol. The molecular weight excluding hydrogens is 437 g/mol. The molecule has 0 aliphatic carbocycles. The van der Waals surface area contributed by atoms with Crippen LogP contribution in [0.15, 0.2) is 48.9 Å². The number of H-pyrrole nitrogens is 1. The SMILES string of the molecule is COc1ccc(C(=O)N2CCC[C@@H](Nc3ccc(C(F)(F)F)c[nH+]3)[C@@H]2C)c(-n2nccn2)c1. The van der Waals surface area contributed by atoms with Crippen LogP contribution in [0.4, 0.5) is 19.0 Å². The molecule has 0 unspecified atom stereocenters. The number of benzene rings is 1. The number of halogens is 3. The van der Waals surface area contributed by atoms with Gasteiger partial charge in [-0.3, -0.25) is 10.1 Å². The predicted octanol–water partition coefficient (Wildman–Crippen LogP) is 3.21. The molecule has 2 atom stereocenters. The highest BCUT2D eigenvalue weighted by Gasteiger charge is 2.36. The Balaban J connectivity index is 1.55. The number of aromatic nitrogens is 4. The van der Waals surface area contributed by atoms with Gasteiger partial charge in [0.15, 0.2) is 0 Å². The Bertz CT molecular complexity index is 1100. The van der Waals surface area contributed by atoms with Gasteiger partial charge in [0.25, 0.3) is 11.7 Å². The number of methoxy groups -OCH3 is 1. The Morgan fingerprint density at radius 1 is 1.21 bits per heavy atom. The van der Waals surface area contributed by atoms with Crippen molar-refractivity contribution in [2.24, 2.45) is 0 Å². The number of nitrogens with one attached hydrogen (secondary N) is 2. The van der Waals surface area contributed by atoms with E-state index in [1.165, 1.54) is 23.3 Å². The molecule has 0 bridgehead atoms. The van der Waals surface area contributed by atoms with Crippen LogP contribution in [0.1, 0.15) is 35.7 Å². The third-order valence-electron chi connectivity index (χ3n) is 5.80. The molecule has 3 aromatic rings. The van der Waals surface area contributed by atoms with Crippen LogP contribution in [0.3, 0.4) is 0 Å². The van der Waals surface area contributed by atoms with Gasteiger partial charge in [-0.15, -0.1) is 0 Å². The van der Waals surface area contributed by atoms with Crippen LogP contribution >= 0.6 is 0 Å². The zero-order chi connectivity index (χ0) is 23.6. The number of carbonyl (C=O) groups excluding carboxylic acids is 1. The van der Waals surface area contributed by atoms with Crippen LogP contribution in [0, 0.1) is 0 Å². The van der Waals surface area contributed by atoms with E-state index in [1.807, 2.05) is 6.92 Å². The van der Waals surface area contributed by atoms with Crippen molar-refractivity contribution in [3.8, 4) is 11.4 Å². The Morgan fingerprint density at radius 3 is 2.61 bits per heavy atom. The average Bonchev–Trinajstić information content (AvgIpc) is 3.34. The summed E-state index contributed by atoms with van der Waals surface area (Å²) in [4.78, 5) is 19.3. The Morgan fingerprint density at radius 2 is 1.97 bits per heavy atom. The summed E-state index contributed by atoms with van der Waals surface area (Å²) in [7, 11) is 1.54. The lowest BCUT2D eigenvalue weighted by molar-refractivity contribution is -0.365. The van der Waals surface area contributed by atoms with E-state index in [0.717, 1.165) is 25.1 Å². The van der Waals surface area contributed by atoms with Crippen molar-refractivity contribution in [2.75, 3.05) is 19.0 Å². The van der Waals surface area contributed by atoms with Gasteiger partial charge in [0, 0.05) is 18.7 Å². The van der Waals surface area contributed by atoms with Crippen molar-refractivity contribution >= 4 is 11.7 Å². The van der Waals surface area contributed by atoms with E-state index < -0.39 is 11.7 Å². The number of carbonyl (C=O) groups is 1. The fraction of sp³-hybridized carbons (Fsp3) is 0.364. The minimum atomic E-state index is -4.41. The quantitative estimate of drug-likeness (QED) is 0.631. The third kappa shape index (κ3) is 4.76. The first-order chi connectivity index (χ1) is 15.8. The zero-order valence-corrected chi connectivity index (χ0v) is 18.1. The Labute approximate surface area is 188 Å². The van der Waals surface area contributed by atoms with Gasteiger partial charge in [-0.25, -0.2) is 4.98 Å². The first-order valence-corrected chi connectivity index (χ1v) is 10.5. The first-order valence-electron chi connectivity index (χ1n) is 10.5. The minimum Gasteiger partial charge on any atom is -0.497 e. The van der Waals surface area contributed by atoms with E-state index in [-0.39, 0.29) is 18.0 Å².